The molecule has 0 aliphatic rings. The van der Waals surface area contributed by atoms with Crippen molar-refractivity contribution in [3.05, 3.63) is 16.9 Å². The van der Waals surface area contributed by atoms with Crippen LogP contribution in [0.1, 0.15) is 17.4 Å². The van der Waals surface area contributed by atoms with Crippen molar-refractivity contribution in [2.45, 2.75) is 24.2 Å². The van der Waals surface area contributed by atoms with E-state index in [1.165, 1.54) is 24.9 Å². The lowest BCUT2D eigenvalue weighted by Gasteiger charge is -2.17. The molecular weight excluding hydrogens is 294 g/mol. The van der Waals surface area contributed by atoms with Crippen molar-refractivity contribution in [3.8, 4) is 0 Å². The first kappa shape index (κ1) is 15.7. The van der Waals surface area contributed by atoms with Crippen LogP contribution in [0.25, 0.3) is 0 Å². The number of aliphatic hydroxyl groups is 1. The van der Waals surface area contributed by atoms with Crippen LogP contribution in [0.3, 0.4) is 0 Å². The molecule has 1 aromatic rings. The zero-order chi connectivity index (χ0) is 14.6. The van der Waals surface area contributed by atoms with Crippen LogP contribution in [0.5, 0.6) is 0 Å². The molecule has 1 rings (SSSR count). The Bertz CT molecular complexity index is 498. The van der Waals surface area contributed by atoms with Crippen LogP contribution in [0, 0.1) is 0 Å². The summed E-state index contributed by atoms with van der Waals surface area (Å²) in [5.74, 6) is -2.13. The summed E-state index contributed by atoms with van der Waals surface area (Å²) in [6, 6.07) is -1.43. The summed E-state index contributed by atoms with van der Waals surface area (Å²) in [4.78, 5) is 30.5. The predicted molar refractivity (Wildman–Crippen MR) is 69.4 cm³/mol. The van der Waals surface area contributed by atoms with E-state index in [-0.39, 0.29) is 10.7 Å². The molecule has 1 amide bonds. The van der Waals surface area contributed by atoms with E-state index < -0.39 is 24.0 Å². The number of hydrogen-bond acceptors (Lipinski definition) is 6. The van der Waals surface area contributed by atoms with E-state index in [1.54, 1.807) is 6.26 Å². The van der Waals surface area contributed by atoms with Crippen molar-refractivity contribution < 1.29 is 19.8 Å². The first-order valence-corrected chi connectivity index (χ1v) is 6.75. The van der Waals surface area contributed by atoms with Crippen molar-refractivity contribution in [1.29, 1.82) is 0 Å². The van der Waals surface area contributed by atoms with E-state index in [0.29, 0.717) is 5.16 Å². The topological polar surface area (TPSA) is 112 Å². The number of rotatable bonds is 5. The smallest absolute Gasteiger partial charge is 0.328 e. The van der Waals surface area contributed by atoms with E-state index in [1.807, 2.05) is 0 Å². The summed E-state index contributed by atoms with van der Waals surface area (Å²) in [5, 5.41) is 20.6. The number of carboxylic acid groups (broad SMARTS) is 1. The highest BCUT2D eigenvalue weighted by Gasteiger charge is 2.27. The van der Waals surface area contributed by atoms with Gasteiger partial charge in [-0.1, -0.05) is 23.4 Å². The molecule has 1 aromatic heterocycles. The maximum absolute atomic E-state index is 11.9. The van der Waals surface area contributed by atoms with Gasteiger partial charge in [-0.25, -0.2) is 14.8 Å². The van der Waals surface area contributed by atoms with Gasteiger partial charge in [0.2, 0.25) is 0 Å². The summed E-state index contributed by atoms with van der Waals surface area (Å²) in [5.41, 5.74) is -0.132. The molecule has 19 heavy (non-hydrogen) atoms. The van der Waals surface area contributed by atoms with Gasteiger partial charge in [-0.05, 0) is 13.2 Å². The molecule has 7 nitrogen and oxygen atoms in total. The molecule has 0 aliphatic carbocycles. The van der Waals surface area contributed by atoms with Crippen molar-refractivity contribution in [2.24, 2.45) is 0 Å². The highest BCUT2D eigenvalue weighted by atomic mass is 35.5. The van der Waals surface area contributed by atoms with Crippen LogP contribution in [-0.2, 0) is 4.79 Å². The number of aliphatic hydroxyl groups excluding tert-OH is 1. The molecule has 0 saturated carbocycles. The van der Waals surface area contributed by atoms with Gasteiger partial charge in [-0.3, -0.25) is 4.79 Å². The van der Waals surface area contributed by atoms with Crippen LogP contribution >= 0.6 is 23.4 Å². The van der Waals surface area contributed by atoms with Gasteiger partial charge in [0, 0.05) is 0 Å². The summed E-state index contributed by atoms with van der Waals surface area (Å²) in [7, 11) is 0. The Labute approximate surface area is 118 Å². The van der Waals surface area contributed by atoms with Gasteiger partial charge in [-0.2, -0.15) is 0 Å². The van der Waals surface area contributed by atoms with Gasteiger partial charge in [0.1, 0.15) is 0 Å². The molecule has 2 atom stereocenters. The maximum Gasteiger partial charge on any atom is 0.328 e. The van der Waals surface area contributed by atoms with Crippen molar-refractivity contribution in [2.75, 3.05) is 6.26 Å². The second kappa shape index (κ2) is 6.69. The minimum Gasteiger partial charge on any atom is -0.480 e. The molecule has 104 valence electrons. The molecule has 9 heteroatoms. The average Bonchev–Trinajstić information content (AvgIpc) is 2.35. The quantitative estimate of drug-likeness (QED) is 0.533. The van der Waals surface area contributed by atoms with Gasteiger partial charge < -0.3 is 15.5 Å². The Morgan fingerprint density at radius 2 is 2.16 bits per heavy atom. The minimum atomic E-state index is -1.43. The van der Waals surface area contributed by atoms with Crippen LogP contribution in [0.2, 0.25) is 5.02 Å². The summed E-state index contributed by atoms with van der Waals surface area (Å²) in [6.07, 6.45) is 1.73. The lowest BCUT2D eigenvalue weighted by atomic mass is 10.2. The number of halogens is 1. The number of hydrogen-bond donors (Lipinski definition) is 3. The molecule has 0 fully saturated rings. The van der Waals surface area contributed by atoms with Gasteiger partial charge in [-0.15, -0.1) is 0 Å². The zero-order valence-corrected chi connectivity index (χ0v) is 11.7. The highest BCUT2D eigenvalue weighted by molar-refractivity contribution is 7.98. The van der Waals surface area contributed by atoms with Crippen molar-refractivity contribution in [1.82, 2.24) is 15.3 Å². The number of thioether (sulfide) groups is 1. The van der Waals surface area contributed by atoms with Crippen molar-refractivity contribution in [3.63, 3.8) is 0 Å². The third-order valence-electron chi connectivity index (χ3n) is 2.15. The largest absolute Gasteiger partial charge is 0.480 e. The predicted octanol–water partition coefficient (Wildman–Crippen LogP) is 0.416. The van der Waals surface area contributed by atoms with Crippen molar-refractivity contribution >= 4 is 35.2 Å². The Morgan fingerprint density at radius 3 is 2.63 bits per heavy atom. The number of nitrogens with zero attached hydrogens (tertiary/aromatic N) is 2. The van der Waals surface area contributed by atoms with E-state index in [9.17, 15) is 14.7 Å². The Kier molecular flexibility index (Phi) is 5.52. The molecular formula is C10H12ClN3O4S. The average molecular weight is 306 g/mol. The third-order valence-corrected chi connectivity index (χ3v) is 2.99. The number of amides is 1. The Morgan fingerprint density at radius 1 is 1.53 bits per heavy atom. The number of carboxylic acids is 1. The van der Waals surface area contributed by atoms with Crippen LogP contribution in [-0.4, -0.2) is 50.5 Å². The summed E-state index contributed by atoms with van der Waals surface area (Å²) >= 11 is 7.00. The fourth-order valence-electron chi connectivity index (χ4n) is 1.21. The van der Waals surface area contributed by atoms with E-state index in [4.69, 9.17) is 16.7 Å². The van der Waals surface area contributed by atoms with Gasteiger partial charge in [0.05, 0.1) is 17.3 Å². The number of nitrogens with one attached hydrogen (secondary N) is 1. The SMILES string of the molecule is CSc1ncc(Cl)c(C(=O)N[C@H](C(=O)O)[C@@H](C)O)n1. The van der Waals surface area contributed by atoms with E-state index in [0.717, 1.165) is 0 Å². The fraction of sp³-hybridized carbons (Fsp3) is 0.400. The summed E-state index contributed by atoms with van der Waals surface area (Å²) in [6.45, 7) is 1.26. The molecule has 0 unspecified atom stereocenters. The van der Waals surface area contributed by atoms with Crippen LogP contribution in [0.15, 0.2) is 11.4 Å². The molecule has 0 bridgehead atoms. The summed E-state index contributed by atoms with van der Waals surface area (Å²) < 4.78 is 0. The number of aromatic nitrogens is 2. The van der Waals surface area contributed by atoms with Gasteiger partial charge in [0.15, 0.2) is 16.9 Å². The molecule has 0 spiro atoms. The lowest BCUT2D eigenvalue weighted by molar-refractivity contribution is -0.141. The molecule has 0 saturated heterocycles. The molecule has 1 heterocycles. The number of carbonyl (C=O) groups is 2. The zero-order valence-electron chi connectivity index (χ0n) is 10.1. The van der Waals surface area contributed by atoms with Gasteiger partial charge >= 0.3 is 5.97 Å². The highest BCUT2D eigenvalue weighted by Crippen LogP contribution is 2.16. The van der Waals surface area contributed by atoms with E-state index >= 15 is 0 Å². The number of aliphatic carboxylic acids is 1. The molecule has 0 aromatic carbocycles. The molecule has 3 N–H and O–H groups in total. The lowest BCUT2D eigenvalue weighted by Crippen LogP contribution is -2.47. The monoisotopic (exact) mass is 305 g/mol. The minimum absolute atomic E-state index is 0.00466. The normalized spacial score (nSPS) is 13.7. The molecule has 0 aliphatic heterocycles. The fourth-order valence-corrected chi connectivity index (χ4v) is 1.72. The maximum atomic E-state index is 11.9. The van der Waals surface area contributed by atoms with E-state index in [2.05, 4.69) is 15.3 Å². The Balaban J connectivity index is 2.97. The Hall–Kier alpha value is -1.38. The number of carbonyl (C=O) groups excluding carboxylic acids is 1. The van der Waals surface area contributed by atoms with Crippen LogP contribution in [0.4, 0.5) is 0 Å². The van der Waals surface area contributed by atoms with Crippen LogP contribution < -0.4 is 5.32 Å². The first-order chi connectivity index (χ1) is 8.86. The first-order valence-electron chi connectivity index (χ1n) is 5.15. The third kappa shape index (κ3) is 4.05. The van der Waals surface area contributed by atoms with Gasteiger partial charge in [0.25, 0.3) is 5.91 Å². The second-order valence-corrected chi connectivity index (χ2v) is 4.76. The molecule has 0 radical (unpaired) electrons. The second-order valence-electron chi connectivity index (χ2n) is 3.58. The standard InChI is InChI=1S/C10H12ClN3O4S/c1-4(15)6(9(17)18)13-8(16)7-5(11)3-12-10(14-7)19-2/h3-4,6,15H,1-2H3,(H,13,16)(H,17,18)/t4-,6+/m1/s1.